The standard InChI is InChI=1S/C18H13N3O2/c1-11-15-17(23)16(22)13-9-5-6-10-14(13)19-18(15)21(20-11)12-7-3-2-4-8-12/h2-10,19H,1H3. The van der Waals surface area contributed by atoms with Crippen LogP contribution in [0.15, 0.2) is 64.2 Å². The zero-order valence-corrected chi connectivity index (χ0v) is 12.4. The van der Waals surface area contributed by atoms with Gasteiger partial charge in [-0.2, -0.15) is 5.10 Å². The van der Waals surface area contributed by atoms with Gasteiger partial charge in [-0.05, 0) is 31.2 Å². The average molecular weight is 303 g/mol. The number of rotatable bonds is 1. The van der Waals surface area contributed by atoms with Crippen LogP contribution < -0.4 is 10.9 Å². The van der Waals surface area contributed by atoms with Gasteiger partial charge in [0.05, 0.1) is 22.3 Å². The lowest BCUT2D eigenvalue weighted by Crippen LogP contribution is -2.21. The summed E-state index contributed by atoms with van der Waals surface area (Å²) in [5.74, 6) is 0. The van der Waals surface area contributed by atoms with Crippen LogP contribution in [-0.4, -0.2) is 14.8 Å². The van der Waals surface area contributed by atoms with Crippen molar-refractivity contribution in [3.63, 3.8) is 0 Å². The fourth-order valence-corrected chi connectivity index (χ4v) is 2.82. The minimum absolute atomic E-state index is 0.329. The highest BCUT2D eigenvalue weighted by molar-refractivity contribution is 5.87. The Morgan fingerprint density at radius 3 is 2.39 bits per heavy atom. The van der Waals surface area contributed by atoms with Crippen molar-refractivity contribution in [1.82, 2.24) is 14.8 Å². The molecule has 0 bridgehead atoms. The molecule has 0 aliphatic rings. The fourth-order valence-electron chi connectivity index (χ4n) is 2.82. The third-order valence-corrected chi connectivity index (χ3v) is 3.92. The molecule has 0 unspecified atom stereocenters. The Morgan fingerprint density at radius 1 is 0.913 bits per heavy atom. The van der Waals surface area contributed by atoms with E-state index in [4.69, 9.17) is 0 Å². The first kappa shape index (κ1) is 13.5. The number of aromatic nitrogens is 3. The number of hydrogen-bond donors (Lipinski definition) is 1. The molecule has 2 aromatic heterocycles. The minimum atomic E-state index is -0.530. The van der Waals surface area contributed by atoms with Crippen molar-refractivity contribution in [1.29, 1.82) is 0 Å². The second-order valence-electron chi connectivity index (χ2n) is 5.39. The molecule has 0 atom stereocenters. The van der Waals surface area contributed by atoms with Crippen LogP contribution >= 0.6 is 0 Å². The average Bonchev–Trinajstić information content (AvgIpc) is 2.85. The summed E-state index contributed by atoms with van der Waals surface area (Å²) in [7, 11) is 0. The van der Waals surface area contributed by atoms with Gasteiger partial charge in [-0.1, -0.05) is 30.3 Å². The molecule has 5 nitrogen and oxygen atoms in total. The summed E-state index contributed by atoms with van der Waals surface area (Å²) < 4.78 is 1.66. The Morgan fingerprint density at radius 2 is 1.61 bits per heavy atom. The number of benzene rings is 2. The van der Waals surface area contributed by atoms with Crippen molar-refractivity contribution in [3.05, 3.63) is 80.7 Å². The van der Waals surface area contributed by atoms with Gasteiger partial charge in [0.2, 0.25) is 10.9 Å². The number of hydrogen-bond acceptors (Lipinski definition) is 3. The molecule has 0 saturated carbocycles. The van der Waals surface area contributed by atoms with Crippen LogP contribution in [0.5, 0.6) is 0 Å². The molecule has 0 radical (unpaired) electrons. The number of nitrogens with one attached hydrogen (secondary N) is 1. The van der Waals surface area contributed by atoms with Crippen LogP contribution in [-0.2, 0) is 0 Å². The summed E-state index contributed by atoms with van der Waals surface area (Å²) in [6.45, 7) is 1.74. The maximum atomic E-state index is 12.6. The van der Waals surface area contributed by atoms with Crippen LogP contribution in [0.25, 0.3) is 27.6 Å². The van der Waals surface area contributed by atoms with Crippen LogP contribution in [0.1, 0.15) is 5.69 Å². The van der Waals surface area contributed by atoms with Crippen molar-refractivity contribution >= 4 is 21.9 Å². The molecule has 0 aliphatic heterocycles. The second-order valence-corrected chi connectivity index (χ2v) is 5.39. The molecule has 4 aromatic rings. The molecule has 5 heteroatoms. The van der Waals surface area contributed by atoms with Gasteiger partial charge in [0.1, 0.15) is 5.65 Å². The van der Waals surface area contributed by atoms with Crippen LogP contribution in [0.2, 0.25) is 0 Å². The van der Waals surface area contributed by atoms with Gasteiger partial charge in [-0.3, -0.25) is 9.59 Å². The predicted molar refractivity (Wildman–Crippen MR) is 90.2 cm³/mol. The largest absolute Gasteiger partial charge is 0.339 e. The number of para-hydroxylation sites is 2. The molecular weight excluding hydrogens is 290 g/mol. The lowest BCUT2D eigenvalue weighted by molar-refractivity contribution is 0.879. The van der Waals surface area contributed by atoms with E-state index in [1.165, 1.54) is 0 Å². The molecule has 1 N–H and O–H groups in total. The van der Waals surface area contributed by atoms with Gasteiger partial charge < -0.3 is 4.98 Å². The van der Waals surface area contributed by atoms with E-state index in [1.807, 2.05) is 36.4 Å². The molecule has 0 aliphatic carbocycles. The van der Waals surface area contributed by atoms with Crippen molar-refractivity contribution in [2.45, 2.75) is 6.92 Å². The highest BCUT2D eigenvalue weighted by atomic mass is 16.2. The molecule has 0 fully saturated rings. The lowest BCUT2D eigenvalue weighted by atomic mass is 10.2. The van der Waals surface area contributed by atoms with Crippen molar-refractivity contribution < 1.29 is 0 Å². The van der Waals surface area contributed by atoms with E-state index in [0.717, 1.165) is 5.69 Å². The van der Waals surface area contributed by atoms with Gasteiger partial charge in [0.15, 0.2) is 0 Å². The summed E-state index contributed by atoms with van der Waals surface area (Å²) in [6.07, 6.45) is 0. The number of nitrogens with zero attached hydrogens (tertiary/aromatic N) is 2. The highest BCUT2D eigenvalue weighted by Gasteiger charge is 2.15. The quantitative estimate of drug-likeness (QED) is 0.549. The molecule has 112 valence electrons. The Balaban J connectivity index is 2.28. The Kier molecular flexibility index (Phi) is 2.87. The van der Waals surface area contributed by atoms with Crippen molar-refractivity contribution in [2.75, 3.05) is 0 Å². The van der Waals surface area contributed by atoms with E-state index < -0.39 is 10.9 Å². The monoisotopic (exact) mass is 303 g/mol. The normalized spacial score (nSPS) is 11.2. The fraction of sp³-hybridized carbons (Fsp3) is 0.0556. The second kappa shape index (κ2) is 4.91. The summed E-state index contributed by atoms with van der Waals surface area (Å²) in [6, 6.07) is 16.5. The molecular formula is C18H13N3O2. The van der Waals surface area contributed by atoms with Crippen LogP contribution in [0.3, 0.4) is 0 Å². The number of aryl methyl sites for hydroxylation is 1. The van der Waals surface area contributed by atoms with E-state index in [-0.39, 0.29) is 0 Å². The molecule has 2 heterocycles. The van der Waals surface area contributed by atoms with Crippen molar-refractivity contribution in [3.8, 4) is 5.69 Å². The Labute approximate surface area is 130 Å². The lowest BCUT2D eigenvalue weighted by Gasteiger charge is -2.01. The maximum absolute atomic E-state index is 12.6. The first-order valence-corrected chi connectivity index (χ1v) is 7.27. The van der Waals surface area contributed by atoms with Gasteiger partial charge in [-0.15, -0.1) is 0 Å². The Hall–Kier alpha value is -3.21. The van der Waals surface area contributed by atoms with Crippen LogP contribution in [0.4, 0.5) is 0 Å². The summed E-state index contributed by atoms with van der Waals surface area (Å²) in [5, 5.41) is 5.15. The zero-order valence-electron chi connectivity index (χ0n) is 12.4. The first-order valence-electron chi connectivity index (χ1n) is 7.27. The SMILES string of the molecule is Cc1nn(-c2ccccc2)c2[nH]c3ccccc3c(=O)c(=O)c12. The number of fused-ring (bicyclic) bond motifs is 2. The third kappa shape index (κ3) is 1.97. The van der Waals surface area contributed by atoms with Gasteiger partial charge in [0, 0.05) is 5.39 Å². The van der Waals surface area contributed by atoms with E-state index in [9.17, 15) is 9.59 Å². The molecule has 0 saturated heterocycles. The zero-order chi connectivity index (χ0) is 16.0. The Bertz CT molecular complexity index is 1160. The number of H-pyrrole nitrogens is 1. The summed E-state index contributed by atoms with van der Waals surface area (Å²) >= 11 is 0. The van der Waals surface area contributed by atoms with Crippen molar-refractivity contribution in [2.24, 2.45) is 0 Å². The molecule has 2 aromatic carbocycles. The molecule has 23 heavy (non-hydrogen) atoms. The smallest absolute Gasteiger partial charge is 0.239 e. The maximum Gasteiger partial charge on any atom is 0.239 e. The van der Waals surface area contributed by atoms with Gasteiger partial charge in [-0.25, -0.2) is 4.68 Å². The number of aromatic amines is 1. The molecule has 0 amide bonds. The van der Waals surface area contributed by atoms with E-state index in [2.05, 4.69) is 10.1 Å². The third-order valence-electron chi connectivity index (χ3n) is 3.92. The summed E-state index contributed by atoms with van der Waals surface area (Å²) in [4.78, 5) is 28.3. The predicted octanol–water partition coefficient (Wildman–Crippen LogP) is 2.54. The van der Waals surface area contributed by atoms with Crippen LogP contribution in [0, 0.1) is 6.92 Å². The summed E-state index contributed by atoms with van der Waals surface area (Å²) in [5.41, 5.74) is 1.45. The highest BCUT2D eigenvalue weighted by Crippen LogP contribution is 2.18. The van der Waals surface area contributed by atoms with Gasteiger partial charge >= 0.3 is 0 Å². The minimum Gasteiger partial charge on any atom is -0.339 e. The van der Waals surface area contributed by atoms with Gasteiger partial charge in [0.25, 0.3) is 0 Å². The molecule has 4 rings (SSSR count). The topological polar surface area (TPSA) is 67.8 Å². The molecule has 0 spiro atoms. The van der Waals surface area contributed by atoms with E-state index >= 15 is 0 Å². The van der Waals surface area contributed by atoms with E-state index in [0.29, 0.717) is 27.6 Å². The van der Waals surface area contributed by atoms with E-state index in [1.54, 1.807) is 29.8 Å². The first-order chi connectivity index (χ1) is 11.2.